The largest absolute Gasteiger partial charge is 0.362 e. The molecular weight excluding hydrogens is 184 g/mol. The van der Waals surface area contributed by atoms with E-state index in [-0.39, 0.29) is 5.56 Å². The second-order valence-electron chi connectivity index (χ2n) is 2.92. The molecule has 0 fully saturated rings. The lowest BCUT2D eigenvalue weighted by atomic mass is 10.2. The number of benzene rings is 1. The minimum atomic E-state index is -0.135. The molecule has 0 amide bonds. The first kappa shape index (κ1) is 10.6. The Hall–Kier alpha value is -0.530. The molecule has 0 saturated carbocycles. The molecule has 0 bridgehead atoms. The molecule has 0 aromatic heterocycles. The van der Waals surface area contributed by atoms with Crippen molar-refractivity contribution in [3.05, 3.63) is 35.9 Å². The summed E-state index contributed by atoms with van der Waals surface area (Å²) in [6, 6.07) is 10.3. The van der Waals surface area contributed by atoms with Crippen LogP contribution in [0.15, 0.2) is 30.3 Å². The first-order valence-electron chi connectivity index (χ1n) is 4.62. The highest BCUT2D eigenvalue weighted by Gasteiger charge is 1.99. The first-order chi connectivity index (χ1) is 6.33. The fourth-order valence-corrected chi connectivity index (χ4v) is 1.16. The third-order valence-corrected chi connectivity index (χ3v) is 2.29. The maximum atomic E-state index is 5.81. The van der Waals surface area contributed by atoms with Crippen molar-refractivity contribution < 1.29 is 4.74 Å². The predicted molar refractivity (Wildman–Crippen MR) is 56.0 cm³/mol. The van der Waals surface area contributed by atoms with Crippen molar-refractivity contribution in [1.82, 2.24) is 0 Å². The number of halogens is 1. The minimum absolute atomic E-state index is 0.135. The molecule has 13 heavy (non-hydrogen) atoms. The first-order valence-corrected chi connectivity index (χ1v) is 5.06. The molecule has 0 spiro atoms. The van der Waals surface area contributed by atoms with Crippen LogP contribution >= 0.6 is 11.6 Å². The van der Waals surface area contributed by atoms with E-state index in [0.29, 0.717) is 6.61 Å². The third-order valence-electron chi connectivity index (χ3n) is 1.85. The number of alkyl halides is 1. The van der Waals surface area contributed by atoms with Crippen molar-refractivity contribution in [3.8, 4) is 0 Å². The molecule has 0 aliphatic rings. The Morgan fingerprint density at radius 2 is 2.00 bits per heavy atom. The maximum absolute atomic E-state index is 5.81. The monoisotopic (exact) mass is 198 g/mol. The van der Waals surface area contributed by atoms with Crippen LogP contribution in [0.1, 0.15) is 18.9 Å². The highest BCUT2D eigenvalue weighted by molar-refractivity contribution is 6.19. The molecule has 0 aliphatic heterocycles. The molecule has 0 N–H and O–H groups in total. The van der Waals surface area contributed by atoms with Gasteiger partial charge in [-0.15, -0.1) is 0 Å². The number of hydrogen-bond acceptors (Lipinski definition) is 1. The van der Waals surface area contributed by atoms with E-state index >= 15 is 0 Å². The van der Waals surface area contributed by atoms with Crippen LogP contribution in [0.3, 0.4) is 0 Å². The lowest BCUT2D eigenvalue weighted by molar-refractivity contribution is 0.108. The smallest absolute Gasteiger partial charge is 0.130 e. The topological polar surface area (TPSA) is 9.23 Å². The van der Waals surface area contributed by atoms with Gasteiger partial charge in [-0.05, 0) is 18.4 Å². The Morgan fingerprint density at radius 3 is 2.62 bits per heavy atom. The fraction of sp³-hybridized carbons (Fsp3) is 0.455. The molecule has 1 unspecified atom stereocenters. The lowest BCUT2D eigenvalue weighted by Gasteiger charge is -2.07. The van der Waals surface area contributed by atoms with Gasteiger partial charge in [0.1, 0.15) is 5.56 Å². The summed E-state index contributed by atoms with van der Waals surface area (Å²) in [6.45, 7) is 2.71. The van der Waals surface area contributed by atoms with E-state index < -0.39 is 0 Å². The van der Waals surface area contributed by atoms with Crippen LogP contribution in [0.2, 0.25) is 0 Å². The molecule has 0 radical (unpaired) electrons. The van der Waals surface area contributed by atoms with Crippen molar-refractivity contribution in [2.75, 3.05) is 6.61 Å². The van der Waals surface area contributed by atoms with Crippen LogP contribution < -0.4 is 0 Å². The van der Waals surface area contributed by atoms with Crippen LogP contribution in [0.4, 0.5) is 0 Å². The summed E-state index contributed by atoms with van der Waals surface area (Å²) in [4.78, 5) is 0. The van der Waals surface area contributed by atoms with Gasteiger partial charge < -0.3 is 4.74 Å². The Balaban J connectivity index is 2.20. The molecular formula is C11H15ClO. The van der Waals surface area contributed by atoms with Crippen LogP contribution in [0, 0.1) is 0 Å². The molecule has 0 heterocycles. The summed E-state index contributed by atoms with van der Waals surface area (Å²) in [5.41, 5.74) is 1.16. The fourth-order valence-electron chi connectivity index (χ4n) is 1.07. The van der Waals surface area contributed by atoms with Crippen LogP contribution in [0.5, 0.6) is 0 Å². The zero-order valence-electron chi connectivity index (χ0n) is 7.87. The predicted octanol–water partition coefficient (Wildman–Crippen LogP) is 3.22. The number of rotatable bonds is 5. The zero-order chi connectivity index (χ0) is 9.52. The van der Waals surface area contributed by atoms with Gasteiger partial charge in [0.15, 0.2) is 0 Å². The summed E-state index contributed by atoms with van der Waals surface area (Å²) in [5, 5.41) is 0. The van der Waals surface area contributed by atoms with Gasteiger partial charge in [-0.3, -0.25) is 0 Å². The Morgan fingerprint density at radius 1 is 1.31 bits per heavy atom. The average molecular weight is 199 g/mol. The summed E-state index contributed by atoms with van der Waals surface area (Å²) in [7, 11) is 0. The lowest BCUT2D eigenvalue weighted by Crippen LogP contribution is -2.06. The third kappa shape index (κ3) is 4.30. The quantitative estimate of drug-likeness (QED) is 0.661. The molecule has 1 atom stereocenters. The van der Waals surface area contributed by atoms with Gasteiger partial charge in [0.2, 0.25) is 0 Å². The summed E-state index contributed by atoms with van der Waals surface area (Å²) in [6.07, 6.45) is 1.79. The maximum Gasteiger partial charge on any atom is 0.130 e. The van der Waals surface area contributed by atoms with Crippen LogP contribution in [0.25, 0.3) is 0 Å². The van der Waals surface area contributed by atoms with Gasteiger partial charge in [0.05, 0.1) is 6.61 Å². The normalized spacial score (nSPS) is 12.8. The highest BCUT2D eigenvalue weighted by atomic mass is 35.5. The number of hydrogen-bond donors (Lipinski definition) is 0. The van der Waals surface area contributed by atoms with E-state index in [1.165, 1.54) is 5.56 Å². The van der Waals surface area contributed by atoms with Gasteiger partial charge in [-0.25, -0.2) is 0 Å². The molecule has 1 nitrogen and oxygen atoms in total. The molecule has 1 aromatic carbocycles. The second-order valence-corrected chi connectivity index (χ2v) is 3.41. The second kappa shape index (κ2) is 6.01. The molecule has 0 aliphatic carbocycles. The standard InChI is InChI=1S/C11H15ClO/c1-2-11(12)13-9-8-10-6-4-3-5-7-10/h3-7,11H,2,8-9H2,1H3. The summed E-state index contributed by atoms with van der Waals surface area (Å²) >= 11 is 5.81. The molecule has 1 rings (SSSR count). The van der Waals surface area contributed by atoms with E-state index in [1.54, 1.807) is 0 Å². The average Bonchev–Trinajstić information content (AvgIpc) is 2.19. The van der Waals surface area contributed by atoms with E-state index in [9.17, 15) is 0 Å². The van der Waals surface area contributed by atoms with Crippen molar-refractivity contribution in [2.45, 2.75) is 25.3 Å². The Kier molecular flexibility index (Phi) is 4.87. The van der Waals surface area contributed by atoms with E-state index in [4.69, 9.17) is 16.3 Å². The van der Waals surface area contributed by atoms with Crippen molar-refractivity contribution in [1.29, 1.82) is 0 Å². The molecule has 2 heteroatoms. The van der Waals surface area contributed by atoms with Gasteiger partial charge in [-0.1, -0.05) is 48.9 Å². The van der Waals surface area contributed by atoms with Crippen molar-refractivity contribution >= 4 is 11.6 Å². The van der Waals surface area contributed by atoms with Gasteiger partial charge in [-0.2, -0.15) is 0 Å². The molecule has 0 saturated heterocycles. The Labute approximate surface area is 84.7 Å². The van der Waals surface area contributed by atoms with E-state index in [1.807, 2.05) is 25.1 Å². The summed E-state index contributed by atoms with van der Waals surface area (Å²) in [5.74, 6) is 0. The molecule has 72 valence electrons. The van der Waals surface area contributed by atoms with Crippen LogP contribution in [-0.2, 0) is 11.2 Å². The van der Waals surface area contributed by atoms with Crippen molar-refractivity contribution in [2.24, 2.45) is 0 Å². The van der Waals surface area contributed by atoms with E-state index in [2.05, 4.69) is 12.1 Å². The highest BCUT2D eigenvalue weighted by Crippen LogP contribution is 2.05. The molecule has 1 aromatic rings. The van der Waals surface area contributed by atoms with E-state index in [0.717, 1.165) is 12.8 Å². The van der Waals surface area contributed by atoms with Gasteiger partial charge in [0.25, 0.3) is 0 Å². The van der Waals surface area contributed by atoms with Gasteiger partial charge >= 0.3 is 0 Å². The van der Waals surface area contributed by atoms with Crippen molar-refractivity contribution in [3.63, 3.8) is 0 Å². The minimum Gasteiger partial charge on any atom is -0.362 e. The van der Waals surface area contributed by atoms with Crippen LogP contribution in [-0.4, -0.2) is 12.2 Å². The zero-order valence-corrected chi connectivity index (χ0v) is 8.63. The van der Waals surface area contributed by atoms with Gasteiger partial charge in [0, 0.05) is 0 Å². The Bertz CT molecular complexity index is 223. The number of ether oxygens (including phenoxy) is 1. The SMILES string of the molecule is CCC(Cl)OCCc1ccccc1. The summed E-state index contributed by atoms with van der Waals surface area (Å²) < 4.78 is 5.36.